The number of allylic oxidation sites excluding steroid dienone is 4. The molecule has 0 amide bonds. The highest BCUT2D eigenvalue weighted by atomic mass is 14.9. The van der Waals surface area contributed by atoms with Crippen molar-refractivity contribution < 1.29 is 0 Å². The summed E-state index contributed by atoms with van der Waals surface area (Å²) in [5, 5.41) is 1.08. The third-order valence-corrected chi connectivity index (χ3v) is 5.10. The minimum atomic E-state index is 0.801. The normalized spacial score (nSPS) is 13.5. The Bertz CT molecular complexity index is 1200. The van der Waals surface area contributed by atoms with Gasteiger partial charge >= 0.3 is 0 Å². The van der Waals surface area contributed by atoms with Gasteiger partial charge in [0, 0.05) is 16.5 Å². The molecule has 0 unspecified atom stereocenters. The first kappa shape index (κ1) is 16.6. The van der Waals surface area contributed by atoms with E-state index >= 15 is 0 Å². The van der Waals surface area contributed by atoms with Crippen LogP contribution in [-0.4, -0.2) is 9.97 Å². The van der Waals surface area contributed by atoms with E-state index in [1.165, 1.54) is 11.1 Å². The second-order valence-corrected chi connectivity index (χ2v) is 7.00. The molecule has 0 spiro atoms. The lowest BCUT2D eigenvalue weighted by atomic mass is 9.99. The van der Waals surface area contributed by atoms with E-state index < -0.39 is 0 Å². The highest BCUT2D eigenvalue weighted by Crippen LogP contribution is 2.31. The van der Waals surface area contributed by atoms with E-state index in [1.807, 2.05) is 12.1 Å². The molecule has 5 rings (SSSR count). The van der Waals surface area contributed by atoms with Crippen LogP contribution in [0.5, 0.6) is 0 Å². The summed E-state index contributed by atoms with van der Waals surface area (Å²) in [4.78, 5) is 9.83. The maximum Gasteiger partial charge on any atom is 0.160 e. The summed E-state index contributed by atoms with van der Waals surface area (Å²) in [6.45, 7) is 0. The SMILES string of the molecule is C1=CC(c2nc(-c3cccc(-c4ccccc4)c3)c3ccccc3n2)=CCC1. The van der Waals surface area contributed by atoms with E-state index in [9.17, 15) is 0 Å². The molecule has 0 bridgehead atoms. The Balaban J connectivity index is 1.70. The predicted molar refractivity (Wildman–Crippen MR) is 117 cm³/mol. The van der Waals surface area contributed by atoms with Crippen molar-refractivity contribution in [2.24, 2.45) is 0 Å². The van der Waals surface area contributed by atoms with Crippen LogP contribution in [0.4, 0.5) is 0 Å². The molecule has 0 saturated heterocycles. The van der Waals surface area contributed by atoms with Gasteiger partial charge in [-0.25, -0.2) is 9.97 Å². The summed E-state index contributed by atoms with van der Waals surface area (Å²) in [5.41, 5.74) is 6.59. The maximum atomic E-state index is 5.00. The van der Waals surface area contributed by atoms with Gasteiger partial charge in [-0.2, -0.15) is 0 Å². The molecule has 0 saturated carbocycles. The summed E-state index contributed by atoms with van der Waals surface area (Å²) < 4.78 is 0. The second-order valence-electron chi connectivity index (χ2n) is 7.00. The Morgan fingerprint density at radius 2 is 1.43 bits per heavy atom. The fourth-order valence-corrected chi connectivity index (χ4v) is 3.68. The number of nitrogens with zero attached hydrogens (tertiary/aromatic N) is 2. The van der Waals surface area contributed by atoms with E-state index in [0.29, 0.717) is 0 Å². The Hall–Kier alpha value is -3.52. The summed E-state index contributed by atoms with van der Waals surface area (Å²) in [7, 11) is 0. The van der Waals surface area contributed by atoms with Crippen molar-refractivity contribution in [2.45, 2.75) is 12.8 Å². The number of hydrogen-bond donors (Lipinski definition) is 0. The molecule has 1 aliphatic rings. The van der Waals surface area contributed by atoms with Crippen LogP contribution in [0.2, 0.25) is 0 Å². The van der Waals surface area contributed by atoms with Crippen LogP contribution in [-0.2, 0) is 0 Å². The van der Waals surface area contributed by atoms with Gasteiger partial charge in [-0.05, 0) is 36.1 Å². The monoisotopic (exact) mass is 360 g/mol. The molecule has 3 aromatic carbocycles. The number of fused-ring (bicyclic) bond motifs is 1. The highest BCUT2D eigenvalue weighted by molar-refractivity contribution is 5.94. The van der Waals surface area contributed by atoms with Crippen molar-refractivity contribution in [1.82, 2.24) is 9.97 Å². The van der Waals surface area contributed by atoms with Crippen molar-refractivity contribution in [3.63, 3.8) is 0 Å². The highest BCUT2D eigenvalue weighted by Gasteiger charge is 2.13. The molecule has 0 aliphatic heterocycles. The van der Waals surface area contributed by atoms with Gasteiger partial charge < -0.3 is 0 Å². The van der Waals surface area contributed by atoms with Crippen LogP contribution in [0, 0.1) is 0 Å². The first-order valence-electron chi connectivity index (χ1n) is 9.68. The molecule has 134 valence electrons. The molecule has 1 heterocycles. The molecule has 0 atom stereocenters. The van der Waals surface area contributed by atoms with Crippen molar-refractivity contribution in [2.75, 3.05) is 0 Å². The molecule has 4 aromatic rings. The molecule has 28 heavy (non-hydrogen) atoms. The summed E-state index contributed by atoms with van der Waals surface area (Å²) >= 11 is 0. The van der Waals surface area contributed by atoms with Crippen molar-refractivity contribution in [1.29, 1.82) is 0 Å². The predicted octanol–water partition coefficient (Wildman–Crippen LogP) is 6.70. The zero-order valence-electron chi connectivity index (χ0n) is 15.5. The van der Waals surface area contributed by atoms with Crippen LogP contribution in [0.25, 0.3) is 38.9 Å². The fourth-order valence-electron chi connectivity index (χ4n) is 3.68. The zero-order chi connectivity index (χ0) is 18.8. The van der Waals surface area contributed by atoms with Crippen molar-refractivity contribution in [3.05, 3.63) is 103 Å². The topological polar surface area (TPSA) is 25.8 Å². The van der Waals surface area contributed by atoms with Gasteiger partial charge in [-0.3, -0.25) is 0 Å². The largest absolute Gasteiger partial charge is 0.228 e. The van der Waals surface area contributed by atoms with E-state index in [2.05, 4.69) is 85.0 Å². The van der Waals surface area contributed by atoms with E-state index in [0.717, 1.165) is 46.4 Å². The average Bonchev–Trinajstić information content (AvgIpc) is 2.79. The average molecular weight is 360 g/mol. The minimum Gasteiger partial charge on any atom is -0.228 e. The number of aromatic nitrogens is 2. The Morgan fingerprint density at radius 1 is 0.643 bits per heavy atom. The van der Waals surface area contributed by atoms with Gasteiger partial charge in [-0.15, -0.1) is 0 Å². The molecule has 0 radical (unpaired) electrons. The third-order valence-electron chi connectivity index (χ3n) is 5.10. The third kappa shape index (κ3) is 3.14. The van der Waals surface area contributed by atoms with Crippen LogP contribution in [0.3, 0.4) is 0 Å². The molecular weight excluding hydrogens is 340 g/mol. The van der Waals surface area contributed by atoms with E-state index in [1.54, 1.807) is 0 Å². The van der Waals surface area contributed by atoms with E-state index in [4.69, 9.17) is 9.97 Å². The first-order valence-corrected chi connectivity index (χ1v) is 9.68. The molecule has 2 nitrogen and oxygen atoms in total. The van der Waals surface area contributed by atoms with Crippen LogP contribution in [0.1, 0.15) is 18.7 Å². The first-order chi connectivity index (χ1) is 13.9. The van der Waals surface area contributed by atoms with Crippen LogP contribution < -0.4 is 0 Å². The molecule has 2 heteroatoms. The number of para-hydroxylation sites is 1. The Morgan fingerprint density at radius 3 is 2.29 bits per heavy atom. The number of hydrogen-bond acceptors (Lipinski definition) is 2. The van der Waals surface area contributed by atoms with Crippen LogP contribution >= 0.6 is 0 Å². The fraction of sp³-hybridized carbons (Fsp3) is 0.0769. The molecule has 1 aromatic heterocycles. The van der Waals surface area contributed by atoms with Gasteiger partial charge in [0.25, 0.3) is 0 Å². The second kappa shape index (κ2) is 7.24. The summed E-state index contributed by atoms with van der Waals surface area (Å²) in [6.07, 6.45) is 8.69. The molecule has 0 N–H and O–H groups in total. The number of benzene rings is 3. The van der Waals surface area contributed by atoms with Gasteiger partial charge in [0.05, 0.1) is 11.2 Å². The van der Waals surface area contributed by atoms with Crippen LogP contribution in [0.15, 0.2) is 97.1 Å². The van der Waals surface area contributed by atoms with Gasteiger partial charge in [0.1, 0.15) is 0 Å². The summed E-state index contributed by atoms with van der Waals surface area (Å²) in [6, 6.07) is 27.3. The summed E-state index contributed by atoms with van der Waals surface area (Å²) in [5.74, 6) is 0.801. The van der Waals surface area contributed by atoms with Crippen molar-refractivity contribution in [3.8, 4) is 22.4 Å². The molecule has 0 fully saturated rings. The lowest BCUT2D eigenvalue weighted by Gasteiger charge is -2.12. The Kier molecular flexibility index (Phi) is 4.30. The lowest BCUT2D eigenvalue weighted by molar-refractivity contribution is 1.03. The Labute approximate surface area is 164 Å². The van der Waals surface area contributed by atoms with Gasteiger partial charge in [0.2, 0.25) is 0 Å². The lowest BCUT2D eigenvalue weighted by Crippen LogP contribution is -1.99. The standard InChI is InChI=1S/C26H20N2/c1-3-10-19(11-4-1)21-14-9-15-22(18-21)25-23-16-7-8-17-24(23)27-26(28-25)20-12-5-2-6-13-20/h1,3-5,7-18H,2,6H2. The zero-order valence-corrected chi connectivity index (χ0v) is 15.5. The van der Waals surface area contributed by atoms with Gasteiger partial charge in [0.15, 0.2) is 5.82 Å². The van der Waals surface area contributed by atoms with E-state index in [-0.39, 0.29) is 0 Å². The quantitative estimate of drug-likeness (QED) is 0.406. The smallest absolute Gasteiger partial charge is 0.160 e. The molecular formula is C26H20N2. The minimum absolute atomic E-state index is 0.801. The van der Waals surface area contributed by atoms with Crippen molar-refractivity contribution >= 4 is 16.5 Å². The maximum absolute atomic E-state index is 5.00. The number of rotatable bonds is 3. The molecule has 1 aliphatic carbocycles. The van der Waals surface area contributed by atoms with Gasteiger partial charge in [-0.1, -0.05) is 85.0 Å².